The maximum absolute atomic E-state index is 11.1. The zero-order chi connectivity index (χ0) is 17.6. The zero-order valence-corrected chi connectivity index (χ0v) is 13.7. The van der Waals surface area contributed by atoms with Crippen LogP contribution in [0.2, 0.25) is 0 Å². The summed E-state index contributed by atoms with van der Waals surface area (Å²) in [5.74, 6) is 0.365. The highest BCUT2D eigenvalue weighted by molar-refractivity contribution is 5.88. The number of carbonyl (C=O) groups excluding carboxylic acids is 1. The largest absolute Gasteiger partial charge is 0.494 e. The number of carbonyl (C=O) groups is 1. The van der Waals surface area contributed by atoms with Gasteiger partial charge in [-0.25, -0.2) is 0 Å². The highest BCUT2D eigenvalue weighted by Crippen LogP contribution is 2.30. The number of hydrogen-bond acceptors (Lipinski definition) is 7. The van der Waals surface area contributed by atoms with Gasteiger partial charge in [-0.15, -0.1) is 0 Å². The molecule has 0 spiro atoms. The van der Waals surface area contributed by atoms with Gasteiger partial charge >= 0.3 is 0 Å². The van der Waals surface area contributed by atoms with Gasteiger partial charge in [-0.05, 0) is 44.0 Å². The number of ether oxygens (including phenoxy) is 1. The number of aromatic nitrogens is 2. The monoisotopic (exact) mass is 341 g/mol. The molecular formula is C17H19N5O3. The average molecular weight is 341 g/mol. The number of hydrogen-bond donors (Lipinski definition) is 1. The van der Waals surface area contributed by atoms with E-state index in [-0.39, 0.29) is 11.9 Å². The smallest absolute Gasteiger partial charge is 0.290 e. The van der Waals surface area contributed by atoms with Crippen molar-refractivity contribution in [1.29, 1.82) is 5.26 Å². The molecule has 1 aliphatic heterocycles. The molecule has 1 saturated heterocycles. The maximum Gasteiger partial charge on any atom is 0.290 e. The van der Waals surface area contributed by atoms with E-state index in [0.717, 1.165) is 32.4 Å². The van der Waals surface area contributed by atoms with Crippen LogP contribution in [0.4, 0.5) is 0 Å². The molecule has 8 nitrogen and oxygen atoms in total. The minimum absolute atomic E-state index is 0.0162. The molecule has 8 heteroatoms. The van der Waals surface area contributed by atoms with Gasteiger partial charge in [0.25, 0.3) is 11.7 Å². The molecule has 1 fully saturated rings. The molecule has 0 saturated carbocycles. The molecule has 2 heterocycles. The lowest BCUT2D eigenvalue weighted by Gasteiger charge is -2.21. The van der Waals surface area contributed by atoms with Crippen LogP contribution >= 0.6 is 0 Å². The van der Waals surface area contributed by atoms with Crippen LogP contribution in [0.5, 0.6) is 5.75 Å². The van der Waals surface area contributed by atoms with Gasteiger partial charge in [0.05, 0.1) is 24.3 Å². The van der Waals surface area contributed by atoms with E-state index in [0.29, 0.717) is 23.8 Å². The second-order valence-corrected chi connectivity index (χ2v) is 5.86. The first-order valence-electron chi connectivity index (χ1n) is 8.18. The van der Waals surface area contributed by atoms with E-state index >= 15 is 0 Å². The van der Waals surface area contributed by atoms with Gasteiger partial charge in [0.2, 0.25) is 5.89 Å². The number of primary amides is 1. The number of rotatable bonds is 7. The molecule has 2 N–H and O–H groups in total. The Labute approximate surface area is 145 Å². The van der Waals surface area contributed by atoms with Crippen LogP contribution in [-0.2, 0) is 0 Å². The summed E-state index contributed by atoms with van der Waals surface area (Å²) in [4.78, 5) is 17.4. The molecule has 1 amide bonds. The molecule has 130 valence electrons. The molecule has 1 aromatic carbocycles. The van der Waals surface area contributed by atoms with E-state index in [1.807, 2.05) is 6.07 Å². The van der Waals surface area contributed by atoms with Crippen molar-refractivity contribution in [2.24, 2.45) is 5.73 Å². The molecule has 25 heavy (non-hydrogen) atoms. The summed E-state index contributed by atoms with van der Waals surface area (Å²) < 4.78 is 10.9. The van der Waals surface area contributed by atoms with Crippen LogP contribution in [0, 0.1) is 11.3 Å². The first-order valence-corrected chi connectivity index (χ1v) is 8.18. The van der Waals surface area contributed by atoms with Gasteiger partial charge in [0.15, 0.2) is 0 Å². The number of nitriles is 1. The average Bonchev–Trinajstić information content (AvgIpc) is 3.28. The first-order chi connectivity index (χ1) is 12.2. The molecule has 0 aliphatic carbocycles. The number of likely N-dealkylation sites (tertiary alicyclic amines) is 1. The maximum atomic E-state index is 11.1. The van der Waals surface area contributed by atoms with E-state index in [9.17, 15) is 4.79 Å². The fourth-order valence-corrected chi connectivity index (χ4v) is 2.96. The summed E-state index contributed by atoms with van der Waals surface area (Å²) in [6.07, 6.45) is 2.76. The molecule has 3 rings (SSSR count). The number of nitrogens with zero attached hydrogens (tertiary/aromatic N) is 4. The summed E-state index contributed by atoms with van der Waals surface area (Å²) >= 11 is 0. The Bertz CT molecular complexity index is 783. The topological polar surface area (TPSA) is 118 Å². The van der Waals surface area contributed by atoms with Gasteiger partial charge in [-0.3, -0.25) is 9.69 Å². The van der Waals surface area contributed by atoms with Crippen molar-refractivity contribution >= 4 is 5.91 Å². The summed E-state index contributed by atoms with van der Waals surface area (Å²) in [7, 11) is 0. The van der Waals surface area contributed by atoms with Crippen LogP contribution in [-0.4, -0.2) is 40.6 Å². The van der Waals surface area contributed by atoms with Gasteiger partial charge in [0.1, 0.15) is 5.75 Å². The summed E-state index contributed by atoms with van der Waals surface area (Å²) in [6, 6.07) is 9.21. The predicted octanol–water partition coefficient (Wildman–Crippen LogP) is 1.65. The summed E-state index contributed by atoms with van der Waals surface area (Å²) in [5.41, 5.74) is 5.74. The van der Waals surface area contributed by atoms with Crippen molar-refractivity contribution in [3.63, 3.8) is 0 Å². The van der Waals surface area contributed by atoms with E-state index in [4.69, 9.17) is 20.3 Å². The van der Waals surface area contributed by atoms with Gasteiger partial charge in [-0.2, -0.15) is 10.2 Å². The Balaban J connectivity index is 1.50. The lowest BCUT2D eigenvalue weighted by Crippen LogP contribution is -2.26. The third-order valence-electron chi connectivity index (χ3n) is 4.13. The Hall–Kier alpha value is -2.92. The van der Waals surface area contributed by atoms with Crippen LogP contribution in [0.1, 0.15) is 47.4 Å². The third kappa shape index (κ3) is 4.14. The lowest BCUT2D eigenvalue weighted by molar-refractivity contribution is 0.0987. The van der Waals surface area contributed by atoms with E-state index < -0.39 is 5.91 Å². The third-order valence-corrected chi connectivity index (χ3v) is 4.13. The SMILES string of the molecule is N#Cc1cccc(OCCCN2CCCC2c2nc(C(N)=O)no2)c1. The van der Waals surface area contributed by atoms with Crippen molar-refractivity contribution in [1.82, 2.24) is 15.0 Å². The van der Waals surface area contributed by atoms with Crippen LogP contribution in [0.15, 0.2) is 28.8 Å². The van der Waals surface area contributed by atoms with Crippen LogP contribution in [0.3, 0.4) is 0 Å². The molecule has 0 bridgehead atoms. The van der Waals surface area contributed by atoms with E-state index in [1.54, 1.807) is 18.2 Å². The van der Waals surface area contributed by atoms with E-state index in [2.05, 4.69) is 21.1 Å². The zero-order valence-electron chi connectivity index (χ0n) is 13.7. The first kappa shape index (κ1) is 16.9. The molecule has 0 radical (unpaired) electrons. The van der Waals surface area contributed by atoms with Crippen molar-refractivity contribution in [3.05, 3.63) is 41.5 Å². The normalized spacial score (nSPS) is 17.3. The van der Waals surface area contributed by atoms with Crippen molar-refractivity contribution < 1.29 is 14.1 Å². The molecule has 1 unspecified atom stereocenters. The quantitative estimate of drug-likeness (QED) is 0.760. The molecule has 1 aliphatic rings. The van der Waals surface area contributed by atoms with Gasteiger partial charge in [0, 0.05) is 6.54 Å². The van der Waals surface area contributed by atoms with Gasteiger partial charge in [-0.1, -0.05) is 11.2 Å². The standard InChI is InChI=1S/C17H19N5O3/c18-11-12-4-1-5-13(10-12)24-9-3-8-22-7-2-6-14(22)17-20-16(15(19)23)21-25-17/h1,4-5,10,14H,2-3,6-9H2,(H2,19,23). The van der Waals surface area contributed by atoms with Gasteiger partial charge < -0.3 is 15.0 Å². The van der Waals surface area contributed by atoms with Crippen molar-refractivity contribution in [2.45, 2.75) is 25.3 Å². The van der Waals surface area contributed by atoms with Crippen molar-refractivity contribution in [3.8, 4) is 11.8 Å². The predicted molar refractivity (Wildman–Crippen MR) is 87.6 cm³/mol. The fraction of sp³-hybridized carbons (Fsp3) is 0.412. The minimum Gasteiger partial charge on any atom is -0.494 e. The Kier molecular flexibility index (Phi) is 5.26. The molecule has 1 aromatic heterocycles. The lowest BCUT2D eigenvalue weighted by atomic mass is 10.2. The Morgan fingerprint density at radius 1 is 1.52 bits per heavy atom. The minimum atomic E-state index is -0.687. The summed E-state index contributed by atoms with van der Waals surface area (Å²) in [5, 5.41) is 12.5. The number of benzene rings is 1. The van der Waals surface area contributed by atoms with Crippen LogP contribution < -0.4 is 10.5 Å². The molecule has 2 aromatic rings. The van der Waals surface area contributed by atoms with E-state index in [1.165, 1.54) is 0 Å². The Morgan fingerprint density at radius 3 is 3.16 bits per heavy atom. The molecule has 1 atom stereocenters. The fourth-order valence-electron chi connectivity index (χ4n) is 2.96. The highest BCUT2D eigenvalue weighted by atomic mass is 16.5. The Morgan fingerprint density at radius 2 is 2.40 bits per heavy atom. The second-order valence-electron chi connectivity index (χ2n) is 5.86. The number of amides is 1. The second kappa shape index (κ2) is 7.77. The molecular weight excluding hydrogens is 322 g/mol. The highest BCUT2D eigenvalue weighted by Gasteiger charge is 2.30. The van der Waals surface area contributed by atoms with Crippen molar-refractivity contribution in [2.75, 3.05) is 19.7 Å². The van der Waals surface area contributed by atoms with Crippen LogP contribution in [0.25, 0.3) is 0 Å². The summed E-state index contributed by atoms with van der Waals surface area (Å²) in [6.45, 7) is 2.30. The number of nitrogens with two attached hydrogens (primary N) is 1.